The van der Waals surface area contributed by atoms with Gasteiger partial charge in [-0.1, -0.05) is 134 Å². The zero-order valence-electron chi connectivity index (χ0n) is 26.8. The Morgan fingerprint density at radius 2 is 1.59 bits per heavy atom. The molecular formula is C40H34BrN3O4S. The second-order valence-corrected chi connectivity index (χ2v) is 12.6. The summed E-state index contributed by atoms with van der Waals surface area (Å²) in [6, 6.07) is 34.1. The molecule has 0 spiro atoms. The van der Waals surface area contributed by atoms with Gasteiger partial charge in [0.1, 0.15) is 17.9 Å². The number of aliphatic imine (C=N–C) groups is 1. The average molecular weight is 733 g/mol. The molecule has 4 aromatic rings. The minimum absolute atomic E-state index is 0.0787. The van der Waals surface area contributed by atoms with Gasteiger partial charge in [0, 0.05) is 5.70 Å². The lowest BCUT2D eigenvalue weighted by Gasteiger charge is -2.28. The molecule has 7 nitrogen and oxygen atoms in total. The SMILES string of the molecule is C=C/C=C\C(=C/C)N1C(=O)/C(=C/c2ccc(OCc3ccccc3)c(Br)c2)C(=O)N=C1SCC(=O)NC(c1ccccc1)c1ccccc1. The molecule has 3 amide bonds. The highest BCUT2D eigenvalue weighted by Gasteiger charge is 2.35. The monoisotopic (exact) mass is 731 g/mol. The first-order valence-electron chi connectivity index (χ1n) is 15.5. The third kappa shape index (κ3) is 9.22. The molecule has 1 N–H and O–H groups in total. The van der Waals surface area contributed by atoms with Crippen molar-refractivity contribution >= 4 is 56.7 Å². The Balaban J connectivity index is 1.37. The van der Waals surface area contributed by atoms with E-state index in [2.05, 4.69) is 32.8 Å². The largest absolute Gasteiger partial charge is 0.488 e. The summed E-state index contributed by atoms with van der Waals surface area (Å²) in [5.41, 5.74) is 3.86. The molecule has 1 heterocycles. The van der Waals surface area contributed by atoms with E-state index in [1.54, 1.807) is 49.4 Å². The number of rotatable bonds is 12. The second-order valence-electron chi connectivity index (χ2n) is 10.8. The van der Waals surface area contributed by atoms with Crippen LogP contribution in [0, 0.1) is 0 Å². The van der Waals surface area contributed by atoms with Crippen molar-refractivity contribution in [1.82, 2.24) is 10.2 Å². The summed E-state index contributed by atoms with van der Waals surface area (Å²) in [4.78, 5) is 46.4. The smallest absolute Gasteiger partial charge is 0.285 e. The van der Waals surface area contributed by atoms with Crippen LogP contribution in [0.25, 0.3) is 6.08 Å². The molecule has 246 valence electrons. The number of halogens is 1. The van der Waals surface area contributed by atoms with Gasteiger partial charge in [-0.2, -0.15) is 4.99 Å². The summed E-state index contributed by atoms with van der Waals surface area (Å²) < 4.78 is 6.62. The van der Waals surface area contributed by atoms with Crippen LogP contribution in [0.3, 0.4) is 0 Å². The first kappa shape index (κ1) is 35.1. The van der Waals surface area contributed by atoms with E-state index in [0.717, 1.165) is 28.5 Å². The van der Waals surface area contributed by atoms with Crippen molar-refractivity contribution in [2.45, 2.75) is 19.6 Å². The molecule has 0 aliphatic carbocycles. The number of thioether (sulfide) groups is 1. The molecule has 0 fully saturated rings. The third-order valence-corrected chi connectivity index (χ3v) is 8.98. The Morgan fingerprint density at radius 1 is 0.959 bits per heavy atom. The minimum atomic E-state index is -0.695. The zero-order chi connectivity index (χ0) is 34.6. The highest BCUT2D eigenvalue weighted by atomic mass is 79.9. The van der Waals surface area contributed by atoms with Gasteiger partial charge in [0.2, 0.25) is 5.91 Å². The van der Waals surface area contributed by atoms with E-state index in [0.29, 0.717) is 28.1 Å². The van der Waals surface area contributed by atoms with Crippen molar-refractivity contribution in [1.29, 1.82) is 0 Å². The van der Waals surface area contributed by atoms with Gasteiger partial charge < -0.3 is 10.1 Å². The zero-order valence-corrected chi connectivity index (χ0v) is 29.2. The number of hydrogen-bond donors (Lipinski definition) is 1. The lowest BCUT2D eigenvalue weighted by Crippen LogP contribution is -2.42. The Morgan fingerprint density at radius 3 is 2.18 bits per heavy atom. The lowest BCUT2D eigenvalue weighted by molar-refractivity contribution is -0.126. The molecule has 0 radical (unpaired) electrons. The molecule has 0 saturated heterocycles. The van der Waals surface area contributed by atoms with Gasteiger partial charge in [0.05, 0.1) is 16.3 Å². The molecule has 9 heteroatoms. The number of ether oxygens (including phenoxy) is 1. The standard InChI is InChI=1S/C40H34BrN3O4S/c1-3-5-21-32(4-2)44-39(47)33(24-29-22-23-35(34(41)25-29)48-26-28-15-9-6-10-16-28)38(46)43-40(44)49-27-36(45)42-37(30-17-11-7-12-18-30)31-19-13-8-14-20-31/h3-25,37H,1,26-27H2,2H3,(H,42,45)/b21-5-,32-4+,33-24+. The fourth-order valence-electron chi connectivity index (χ4n) is 5.02. The van der Waals surface area contributed by atoms with Crippen LogP contribution in [-0.4, -0.2) is 33.5 Å². The second kappa shape index (κ2) is 17.2. The van der Waals surface area contributed by atoms with Crippen molar-refractivity contribution in [2.24, 2.45) is 4.99 Å². The van der Waals surface area contributed by atoms with Crippen molar-refractivity contribution in [3.05, 3.63) is 178 Å². The number of hydrogen-bond acceptors (Lipinski definition) is 5. The Kier molecular flexibility index (Phi) is 12.3. The van der Waals surface area contributed by atoms with Crippen LogP contribution in [0.1, 0.15) is 35.2 Å². The summed E-state index contributed by atoms with van der Waals surface area (Å²) >= 11 is 4.57. The quantitative estimate of drug-likeness (QED) is 0.0898. The predicted molar refractivity (Wildman–Crippen MR) is 201 cm³/mol. The summed E-state index contributed by atoms with van der Waals surface area (Å²) in [5, 5.41) is 3.21. The average Bonchev–Trinajstić information content (AvgIpc) is 3.13. The fourth-order valence-corrected chi connectivity index (χ4v) is 6.34. The summed E-state index contributed by atoms with van der Waals surface area (Å²) in [6.45, 7) is 5.90. The van der Waals surface area contributed by atoms with Crippen LogP contribution >= 0.6 is 27.7 Å². The topological polar surface area (TPSA) is 88.1 Å². The normalized spacial score (nSPS) is 14.3. The first-order valence-corrected chi connectivity index (χ1v) is 17.3. The number of carbonyl (C=O) groups excluding carboxylic acids is 3. The maximum absolute atomic E-state index is 14.0. The van der Waals surface area contributed by atoms with E-state index in [1.165, 1.54) is 11.0 Å². The lowest BCUT2D eigenvalue weighted by atomic mass is 9.99. The van der Waals surface area contributed by atoms with Crippen molar-refractivity contribution in [3.8, 4) is 5.75 Å². The van der Waals surface area contributed by atoms with Gasteiger partial charge in [0.25, 0.3) is 11.8 Å². The molecule has 0 aromatic heterocycles. The molecule has 49 heavy (non-hydrogen) atoms. The fraction of sp³-hybridized carbons (Fsp3) is 0.100. The van der Waals surface area contributed by atoms with Gasteiger partial charge in [0.15, 0.2) is 5.17 Å². The molecule has 0 atom stereocenters. The number of nitrogens with zero attached hydrogens (tertiary/aromatic N) is 2. The highest BCUT2D eigenvalue weighted by molar-refractivity contribution is 9.10. The van der Waals surface area contributed by atoms with E-state index in [1.807, 2.05) is 91.0 Å². The van der Waals surface area contributed by atoms with Gasteiger partial charge >= 0.3 is 0 Å². The third-order valence-electron chi connectivity index (χ3n) is 7.42. The maximum Gasteiger partial charge on any atom is 0.285 e. The van der Waals surface area contributed by atoms with E-state index in [9.17, 15) is 14.4 Å². The van der Waals surface area contributed by atoms with Gasteiger partial charge in [-0.25, -0.2) is 0 Å². The van der Waals surface area contributed by atoms with Crippen LogP contribution in [0.4, 0.5) is 0 Å². The van der Waals surface area contributed by atoms with Crippen LogP contribution in [-0.2, 0) is 21.0 Å². The van der Waals surface area contributed by atoms with Gasteiger partial charge in [-0.15, -0.1) is 0 Å². The van der Waals surface area contributed by atoms with Crippen molar-refractivity contribution in [2.75, 3.05) is 5.75 Å². The van der Waals surface area contributed by atoms with E-state index in [-0.39, 0.29) is 28.4 Å². The van der Waals surface area contributed by atoms with E-state index < -0.39 is 11.8 Å². The Bertz CT molecular complexity index is 1900. The molecular weight excluding hydrogens is 698 g/mol. The number of allylic oxidation sites excluding steroid dienone is 4. The van der Waals surface area contributed by atoms with Crippen LogP contribution in [0.2, 0.25) is 0 Å². The molecule has 0 unspecified atom stereocenters. The van der Waals surface area contributed by atoms with E-state index in [4.69, 9.17) is 4.74 Å². The van der Waals surface area contributed by atoms with Crippen LogP contribution < -0.4 is 10.1 Å². The first-order chi connectivity index (χ1) is 23.9. The van der Waals surface area contributed by atoms with Crippen LogP contribution in [0.5, 0.6) is 5.75 Å². The molecule has 0 bridgehead atoms. The number of carbonyl (C=O) groups is 3. The number of benzene rings is 4. The molecule has 4 aromatic carbocycles. The summed E-state index contributed by atoms with van der Waals surface area (Å²) in [7, 11) is 0. The Labute approximate surface area is 298 Å². The van der Waals surface area contributed by atoms with Crippen LogP contribution in [0.15, 0.2) is 161 Å². The predicted octanol–water partition coefficient (Wildman–Crippen LogP) is 8.42. The molecule has 1 aliphatic rings. The van der Waals surface area contributed by atoms with E-state index >= 15 is 0 Å². The molecule has 0 saturated carbocycles. The number of amides is 3. The summed E-state index contributed by atoms with van der Waals surface area (Å²) in [6.07, 6.45) is 8.22. The van der Waals surface area contributed by atoms with Gasteiger partial charge in [-0.05, 0) is 69.4 Å². The minimum Gasteiger partial charge on any atom is -0.488 e. The van der Waals surface area contributed by atoms with Crippen molar-refractivity contribution < 1.29 is 19.1 Å². The van der Waals surface area contributed by atoms with Crippen molar-refractivity contribution in [3.63, 3.8) is 0 Å². The van der Waals surface area contributed by atoms with Gasteiger partial charge in [-0.3, -0.25) is 19.3 Å². The molecule has 1 aliphatic heterocycles. The Hall–Kier alpha value is -5.25. The summed E-state index contributed by atoms with van der Waals surface area (Å²) in [5.74, 6) is -0.993. The maximum atomic E-state index is 14.0. The highest BCUT2D eigenvalue weighted by Crippen LogP contribution is 2.30. The number of nitrogens with one attached hydrogen (secondary N) is 1. The molecule has 5 rings (SSSR count). The number of amidine groups is 1.